The van der Waals surface area contributed by atoms with Crippen LogP contribution in [0.4, 0.5) is 4.39 Å². The number of amides is 1. The van der Waals surface area contributed by atoms with Crippen LogP contribution in [-0.4, -0.2) is 13.0 Å². The fourth-order valence-electron chi connectivity index (χ4n) is 1.74. The van der Waals surface area contributed by atoms with Gasteiger partial charge in [-0.2, -0.15) is 0 Å². The maximum absolute atomic E-state index is 12.6. The summed E-state index contributed by atoms with van der Waals surface area (Å²) in [7, 11) is 1.57. The van der Waals surface area contributed by atoms with Crippen LogP contribution in [0.5, 0.6) is 0 Å². The molecule has 0 aliphatic rings. The number of likely N-dealkylation sites (N-methyl/N-ethyl adjacent to an activating group) is 1. The van der Waals surface area contributed by atoms with Crippen LogP contribution in [0, 0.1) is 5.82 Å². The van der Waals surface area contributed by atoms with E-state index in [0.717, 1.165) is 11.1 Å². The lowest BCUT2D eigenvalue weighted by atomic mass is 10.1. The van der Waals surface area contributed by atoms with Gasteiger partial charge in [-0.1, -0.05) is 58.1 Å². The van der Waals surface area contributed by atoms with Crippen LogP contribution in [0.15, 0.2) is 30.3 Å². The van der Waals surface area contributed by atoms with Gasteiger partial charge in [-0.25, -0.2) is 4.39 Å². The molecular weight excluding hydrogens is 265 g/mol. The number of hydrogen-bond donors (Lipinski definition) is 1. The summed E-state index contributed by atoms with van der Waals surface area (Å²) in [6.45, 7) is 6.30. The highest BCUT2D eigenvalue weighted by atomic mass is 19.1. The first-order chi connectivity index (χ1) is 10.0. The normalized spacial score (nSPS) is 10.6. The van der Waals surface area contributed by atoms with Crippen LogP contribution in [0.25, 0.3) is 5.57 Å². The average Bonchev–Trinajstić information content (AvgIpc) is 2.49. The molecule has 21 heavy (non-hydrogen) atoms. The lowest BCUT2D eigenvalue weighted by Crippen LogP contribution is -2.14. The summed E-state index contributed by atoms with van der Waals surface area (Å²) in [5.74, 6) is -0.437. The highest BCUT2D eigenvalue weighted by Crippen LogP contribution is 2.13. The minimum absolute atomic E-state index is 0.160. The van der Waals surface area contributed by atoms with Crippen molar-refractivity contribution in [1.82, 2.24) is 5.32 Å². The fraction of sp³-hybridized carbons (Fsp3) is 0.500. The summed E-state index contributed by atoms with van der Waals surface area (Å²) in [6, 6.07) is 6.03. The molecule has 3 heteroatoms. The van der Waals surface area contributed by atoms with Gasteiger partial charge in [-0.05, 0) is 30.2 Å². The molecule has 0 atom stereocenters. The molecule has 0 aliphatic carbocycles. The number of carbonyl (C=O) groups excluding carboxylic acids is 1. The molecule has 1 N–H and O–H groups in total. The van der Waals surface area contributed by atoms with Crippen LogP contribution in [0.2, 0.25) is 0 Å². The highest BCUT2D eigenvalue weighted by molar-refractivity contribution is 5.94. The summed E-state index contributed by atoms with van der Waals surface area (Å²) in [6.07, 6.45) is 8.49. The zero-order valence-corrected chi connectivity index (χ0v) is 13.7. The van der Waals surface area contributed by atoms with Crippen molar-refractivity contribution in [3.63, 3.8) is 0 Å². The summed E-state index contributed by atoms with van der Waals surface area (Å²) < 4.78 is 12.6. The van der Waals surface area contributed by atoms with Gasteiger partial charge in [0.2, 0.25) is 5.91 Å². The first kappa shape index (κ1) is 19.4. The van der Waals surface area contributed by atoms with E-state index < -0.39 is 0 Å². The number of allylic oxidation sites excluding steroid dienone is 1. The third kappa shape index (κ3) is 9.83. The zero-order chi connectivity index (χ0) is 16.1. The molecule has 0 heterocycles. The van der Waals surface area contributed by atoms with E-state index in [1.807, 2.05) is 6.92 Å². The number of nitrogens with one attached hydrogen (secondary N) is 1. The maximum Gasteiger partial charge on any atom is 0.244 e. The average molecular weight is 293 g/mol. The van der Waals surface area contributed by atoms with Gasteiger partial charge in [0.25, 0.3) is 0 Å². The van der Waals surface area contributed by atoms with Gasteiger partial charge in [0.1, 0.15) is 5.82 Å². The van der Waals surface area contributed by atoms with Gasteiger partial charge < -0.3 is 5.32 Å². The van der Waals surface area contributed by atoms with Crippen molar-refractivity contribution in [2.24, 2.45) is 0 Å². The van der Waals surface area contributed by atoms with E-state index in [1.165, 1.54) is 50.3 Å². The van der Waals surface area contributed by atoms with Crippen molar-refractivity contribution in [2.45, 2.75) is 52.9 Å². The summed E-state index contributed by atoms with van der Waals surface area (Å²) in [4.78, 5) is 11.0. The molecule has 0 radical (unpaired) electrons. The van der Waals surface area contributed by atoms with Crippen molar-refractivity contribution in [3.8, 4) is 0 Å². The predicted octanol–water partition coefficient (Wildman–Crippen LogP) is 4.95. The molecule has 1 aromatic carbocycles. The van der Waals surface area contributed by atoms with Crippen LogP contribution < -0.4 is 5.32 Å². The van der Waals surface area contributed by atoms with E-state index in [4.69, 9.17) is 0 Å². The Kier molecular flexibility index (Phi) is 11.2. The molecule has 0 bridgehead atoms. The van der Waals surface area contributed by atoms with Crippen LogP contribution in [0.3, 0.4) is 0 Å². The van der Waals surface area contributed by atoms with Crippen LogP contribution in [0.1, 0.15) is 58.4 Å². The van der Waals surface area contributed by atoms with Gasteiger partial charge in [0.05, 0.1) is 0 Å². The Morgan fingerprint density at radius 2 is 1.62 bits per heavy atom. The minimum atomic E-state index is -0.276. The molecule has 0 aliphatic heterocycles. The van der Waals surface area contributed by atoms with E-state index >= 15 is 0 Å². The second kappa shape index (κ2) is 12.1. The van der Waals surface area contributed by atoms with Crippen LogP contribution in [-0.2, 0) is 4.79 Å². The molecule has 0 aromatic heterocycles. The van der Waals surface area contributed by atoms with Gasteiger partial charge in [0.15, 0.2) is 0 Å². The number of halogens is 1. The number of rotatable bonds is 6. The molecule has 1 amide bonds. The van der Waals surface area contributed by atoms with E-state index in [0.29, 0.717) is 0 Å². The fourth-order valence-corrected chi connectivity index (χ4v) is 1.74. The standard InChI is InChI=1S/C11H12FNO.C7H16/c1-8(7-11(14)13-2)9-3-5-10(12)6-4-9;1-3-5-7-6-4-2/h3-7H,1-2H3,(H,13,14);3-7H2,1-2H3/b8-7+;. The van der Waals surface area contributed by atoms with Crippen molar-refractivity contribution >= 4 is 11.5 Å². The molecule has 0 saturated carbocycles. The van der Waals surface area contributed by atoms with Crippen molar-refractivity contribution in [3.05, 3.63) is 41.7 Å². The Hall–Kier alpha value is -1.64. The Balaban J connectivity index is 0.000000486. The topological polar surface area (TPSA) is 29.1 Å². The quantitative estimate of drug-likeness (QED) is 0.583. The molecule has 2 nitrogen and oxygen atoms in total. The Labute approximate surface area is 128 Å². The Morgan fingerprint density at radius 1 is 1.10 bits per heavy atom. The third-order valence-corrected chi connectivity index (χ3v) is 3.10. The van der Waals surface area contributed by atoms with Gasteiger partial charge in [-0.3, -0.25) is 4.79 Å². The lowest BCUT2D eigenvalue weighted by molar-refractivity contribution is -0.116. The third-order valence-electron chi connectivity index (χ3n) is 3.10. The van der Waals surface area contributed by atoms with Gasteiger partial charge in [-0.15, -0.1) is 0 Å². The summed E-state index contributed by atoms with van der Waals surface area (Å²) in [5, 5.41) is 2.49. The predicted molar refractivity (Wildman–Crippen MR) is 88.6 cm³/mol. The molecule has 0 fully saturated rings. The minimum Gasteiger partial charge on any atom is -0.356 e. The van der Waals surface area contributed by atoms with E-state index in [2.05, 4.69) is 19.2 Å². The summed E-state index contributed by atoms with van der Waals surface area (Å²) in [5.41, 5.74) is 1.65. The van der Waals surface area contributed by atoms with Crippen molar-refractivity contribution in [2.75, 3.05) is 7.05 Å². The largest absolute Gasteiger partial charge is 0.356 e. The highest BCUT2D eigenvalue weighted by Gasteiger charge is 1.98. The van der Waals surface area contributed by atoms with Gasteiger partial charge in [0, 0.05) is 13.1 Å². The molecular formula is C18H28FNO. The second-order valence-electron chi connectivity index (χ2n) is 5.01. The van der Waals surface area contributed by atoms with Crippen LogP contribution >= 0.6 is 0 Å². The monoisotopic (exact) mass is 293 g/mol. The lowest BCUT2D eigenvalue weighted by Gasteiger charge is -2.00. The zero-order valence-electron chi connectivity index (χ0n) is 13.7. The summed E-state index contributed by atoms with van der Waals surface area (Å²) >= 11 is 0. The number of hydrogen-bond acceptors (Lipinski definition) is 1. The smallest absolute Gasteiger partial charge is 0.244 e. The molecule has 118 valence electrons. The maximum atomic E-state index is 12.6. The molecule has 1 rings (SSSR count). The molecule has 1 aromatic rings. The number of benzene rings is 1. The van der Waals surface area contributed by atoms with Gasteiger partial charge >= 0.3 is 0 Å². The molecule has 0 spiro atoms. The number of unbranched alkanes of at least 4 members (excludes halogenated alkanes) is 4. The van der Waals surface area contributed by atoms with Crippen molar-refractivity contribution < 1.29 is 9.18 Å². The Morgan fingerprint density at radius 3 is 2.05 bits per heavy atom. The number of carbonyl (C=O) groups is 1. The van der Waals surface area contributed by atoms with E-state index in [1.54, 1.807) is 19.2 Å². The second-order valence-corrected chi connectivity index (χ2v) is 5.01. The van der Waals surface area contributed by atoms with Crippen molar-refractivity contribution in [1.29, 1.82) is 0 Å². The molecule has 0 unspecified atom stereocenters. The first-order valence-corrected chi connectivity index (χ1v) is 7.71. The molecule has 0 saturated heterocycles. The van der Waals surface area contributed by atoms with E-state index in [-0.39, 0.29) is 11.7 Å². The SMILES string of the molecule is CCCCCCC.CNC(=O)/C=C(\C)c1ccc(F)cc1. The van der Waals surface area contributed by atoms with E-state index in [9.17, 15) is 9.18 Å². The first-order valence-electron chi connectivity index (χ1n) is 7.71. The Bertz CT molecular complexity index is 419.